The second-order valence-electron chi connectivity index (χ2n) is 2.67. The van der Waals surface area contributed by atoms with E-state index in [2.05, 4.69) is 0 Å². The molecule has 76 valence electrons. The first-order valence-corrected chi connectivity index (χ1v) is 7.79. The molecule has 1 aliphatic heterocycles. The van der Waals surface area contributed by atoms with Gasteiger partial charge in [-0.15, -0.1) is 11.8 Å². The molecular formula is C6H11NO3S3. The first kappa shape index (κ1) is 11.2. The first-order valence-electron chi connectivity index (χ1n) is 3.70. The molecule has 1 saturated heterocycles. The Balaban J connectivity index is 2.47. The van der Waals surface area contributed by atoms with Crippen molar-refractivity contribution in [2.75, 3.05) is 23.5 Å². The van der Waals surface area contributed by atoms with Crippen molar-refractivity contribution in [3.63, 3.8) is 0 Å². The van der Waals surface area contributed by atoms with E-state index in [9.17, 15) is 13.2 Å². The molecular weight excluding hydrogens is 230 g/mol. The molecule has 1 atom stereocenters. The fourth-order valence-corrected chi connectivity index (χ4v) is 4.03. The maximum Gasteiger partial charge on any atom is 0.247 e. The topological polar surface area (TPSA) is 63.2 Å². The van der Waals surface area contributed by atoms with Gasteiger partial charge in [-0.25, -0.2) is 8.42 Å². The zero-order valence-electron chi connectivity index (χ0n) is 7.15. The number of nitrogens with one attached hydrogen (secondary N) is 1. The van der Waals surface area contributed by atoms with Crippen LogP contribution in [0.3, 0.4) is 0 Å². The highest BCUT2D eigenvalue weighted by Gasteiger charge is 2.23. The molecule has 0 saturated carbocycles. The van der Waals surface area contributed by atoms with Crippen molar-refractivity contribution < 1.29 is 13.2 Å². The number of amides is 1. The predicted molar refractivity (Wildman–Crippen MR) is 56.6 cm³/mol. The molecule has 1 amide bonds. The van der Waals surface area contributed by atoms with Gasteiger partial charge in [0.1, 0.15) is 0 Å². The van der Waals surface area contributed by atoms with Crippen molar-refractivity contribution in [1.29, 1.82) is 0 Å². The quantitative estimate of drug-likeness (QED) is 0.732. The average molecular weight is 241 g/mol. The van der Waals surface area contributed by atoms with E-state index in [0.717, 1.165) is 17.8 Å². The second-order valence-corrected chi connectivity index (χ2v) is 6.88. The summed E-state index contributed by atoms with van der Waals surface area (Å²) in [6.07, 6.45) is 0.992. The Kier molecular flexibility index (Phi) is 3.93. The minimum absolute atomic E-state index is 0.214. The lowest BCUT2D eigenvalue weighted by Crippen LogP contribution is -2.39. The molecule has 0 aromatic carbocycles. The zero-order chi connectivity index (χ0) is 9.90. The molecule has 0 spiro atoms. The lowest BCUT2D eigenvalue weighted by molar-refractivity contribution is -0.118. The number of carbonyl (C=O) groups is 1. The number of hydrogen-bond donors (Lipinski definition) is 1. The summed E-state index contributed by atoms with van der Waals surface area (Å²) in [7, 11) is -3.39. The van der Waals surface area contributed by atoms with Crippen LogP contribution in [0.5, 0.6) is 0 Å². The summed E-state index contributed by atoms with van der Waals surface area (Å²) in [4.78, 5) is 11.3. The third-order valence-corrected chi connectivity index (χ3v) is 4.72. The highest BCUT2D eigenvalue weighted by atomic mass is 32.2. The number of sulfonamides is 1. The molecule has 13 heavy (non-hydrogen) atoms. The van der Waals surface area contributed by atoms with Gasteiger partial charge in [0.25, 0.3) is 0 Å². The van der Waals surface area contributed by atoms with Crippen LogP contribution in [0.1, 0.15) is 0 Å². The number of hydrogen-bond acceptors (Lipinski definition) is 5. The van der Waals surface area contributed by atoms with Gasteiger partial charge in [0.15, 0.2) is 0 Å². The molecule has 0 radical (unpaired) electrons. The van der Waals surface area contributed by atoms with Gasteiger partial charge in [-0.1, -0.05) is 0 Å². The van der Waals surface area contributed by atoms with Crippen LogP contribution in [-0.4, -0.2) is 43.1 Å². The van der Waals surface area contributed by atoms with Gasteiger partial charge >= 0.3 is 0 Å². The largest absolute Gasteiger partial charge is 0.273 e. The molecule has 1 fully saturated rings. The number of rotatable bonds is 2. The van der Waals surface area contributed by atoms with E-state index in [1.54, 1.807) is 11.8 Å². The maximum atomic E-state index is 11.3. The van der Waals surface area contributed by atoms with Crippen LogP contribution < -0.4 is 4.72 Å². The zero-order valence-corrected chi connectivity index (χ0v) is 9.60. The van der Waals surface area contributed by atoms with Gasteiger partial charge < -0.3 is 0 Å². The summed E-state index contributed by atoms with van der Waals surface area (Å²) >= 11 is 3.20. The van der Waals surface area contributed by atoms with E-state index in [1.807, 2.05) is 4.72 Å². The molecule has 4 nitrogen and oxygen atoms in total. The van der Waals surface area contributed by atoms with Crippen LogP contribution >= 0.6 is 23.5 Å². The highest BCUT2D eigenvalue weighted by Crippen LogP contribution is 2.23. The second kappa shape index (κ2) is 4.56. The lowest BCUT2D eigenvalue weighted by atomic mass is 10.5. The van der Waals surface area contributed by atoms with E-state index >= 15 is 0 Å². The summed E-state index contributed by atoms with van der Waals surface area (Å²) < 4.78 is 23.5. The van der Waals surface area contributed by atoms with Crippen molar-refractivity contribution >= 4 is 39.5 Å². The normalized spacial score (nSPS) is 23.9. The van der Waals surface area contributed by atoms with Crippen molar-refractivity contribution in [3.05, 3.63) is 0 Å². The van der Waals surface area contributed by atoms with Crippen molar-refractivity contribution in [2.45, 2.75) is 5.25 Å². The van der Waals surface area contributed by atoms with Crippen LogP contribution in [0.2, 0.25) is 0 Å². The molecule has 0 aromatic rings. The lowest BCUT2D eigenvalue weighted by Gasteiger charge is -2.19. The minimum Gasteiger partial charge on any atom is -0.273 e. The van der Waals surface area contributed by atoms with Crippen LogP contribution in [0.25, 0.3) is 0 Å². The van der Waals surface area contributed by atoms with Crippen molar-refractivity contribution in [1.82, 2.24) is 4.72 Å². The molecule has 0 bridgehead atoms. The van der Waals surface area contributed by atoms with Crippen LogP contribution in [0.4, 0.5) is 0 Å². The minimum atomic E-state index is -3.39. The molecule has 7 heteroatoms. The van der Waals surface area contributed by atoms with Gasteiger partial charge in [-0.3, -0.25) is 9.52 Å². The average Bonchev–Trinajstić information content (AvgIpc) is 2.03. The first-order chi connectivity index (χ1) is 5.99. The SMILES string of the molecule is CS(=O)(=O)NC(=O)C1CSCCS1. The molecule has 0 aliphatic carbocycles. The molecule has 1 aliphatic rings. The van der Waals surface area contributed by atoms with E-state index < -0.39 is 10.0 Å². The Hall–Kier alpha value is 0.120. The van der Waals surface area contributed by atoms with E-state index in [1.165, 1.54) is 11.8 Å². The molecule has 1 N–H and O–H groups in total. The Labute approximate surface area is 86.3 Å². The highest BCUT2D eigenvalue weighted by molar-refractivity contribution is 8.07. The van der Waals surface area contributed by atoms with Gasteiger partial charge in [-0.05, 0) is 0 Å². The summed E-state index contributed by atoms with van der Waals surface area (Å²) in [5.41, 5.74) is 0. The van der Waals surface area contributed by atoms with E-state index in [0.29, 0.717) is 5.75 Å². The van der Waals surface area contributed by atoms with Gasteiger partial charge in [-0.2, -0.15) is 11.8 Å². The van der Waals surface area contributed by atoms with Gasteiger partial charge in [0, 0.05) is 17.3 Å². The molecule has 1 rings (SSSR count). The fraction of sp³-hybridized carbons (Fsp3) is 0.833. The summed E-state index contributed by atoms with van der Waals surface area (Å²) in [5.74, 6) is 2.26. The number of thioether (sulfide) groups is 2. The summed E-state index contributed by atoms with van der Waals surface area (Å²) in [6, 6.07) is 0. The number of carbonyl (C=O) groups excluding carboxylic acids is 1. The molecule has 1 unspecified atom stereocenters. The Morgan fingerprint density at radius 2 is 2.15 bits per heavy atom. The summed E-state index contributed by atoms with van der Waals surface area (Å²) in [6.45, 7) is 0. The Morgan fingerprint density at radius 3 is 2.62 bits per heavy atom. The maximum absolute atomic E-state index is 11.3. The van der Waals surface area contributed by atoms with Gasteiger partial charge in [0.2, 0.25) is 15.9 Å². The molecule has 0 aromatic heterocycles. The van der Waals surface area contributed by atoms with Crippen LogP contribution in [0.15, 0.2) is 0 Å². The van der Waals surface area contributed by atoms with Crippen molar-refractivity contribution in [2.24, 2.45) is 0 Å². The molecule has 1 heterocycles. The third kappa shape index (κ3) is 4.24. The summed E-state index contributed by atoms with van der Waals surface area (Å²) in [5, 5.41) is -0.214. The standard InChI is InChI=1S/C6H11NO3S3/c1-13(9,10)7-6(8)5-4-11-2-3-12-5/h5H,2-4H2,1H3,(H,7,8). The predicted octanol–water partition coefficient (Wildman–Crippen LogP) is -0.0892. The smallest absolute Gasteiger partial charge is 0.247 e. The van der Waals surface area contributed by atoms with Crippen LogP contribution in [-0.2, 0) is 14.8 Å². The van der Waals surface area contributed by atoms with Gasteiger partial charge in [0.05, 0.1) is 11.5 Å². The monoisotopic (exact) mass is 241 g/mol. The Bertz CT molecular complexity index is 281. The Morgan fingerprint density at radius 1 is 1.46 bits per heavy atom. The van der Waals surface area contributed by atoms with Crippen molar-refractivity contribution in [3.8, 4) is 0 Å². The van der Waals surface area contributed by atoms with E-state index in [-0.39, 0.29) is 11.2 Å². The van der Waals surface area contributed by atoms with E-state index in [4.69, 9.17) is 0 Å². The fourth-order valence-electron chi connectivity index (χ4n) is 0.888. The third-order valence-electron chi connectivity index (χ3n) is 1.39. The van der Waals surface area contributed by atoms with Crippen LogP contribution in [0, 0.1) is 0 Å².